The molecule has 2 aromatic rings. The maximum atomic E-state index is 12.6. The summed E-state index contributed by atoms with van der Waals surface area (Å²) in [6, 6.07) is 5.67. The summed E-state index contributed by atoms with van der Waals surface area (Å²) in [7, 11) is 0. The molecule has 0 fully saturated rings. The lowest BCUT2D eigenvalue weighted by molar-refractivity contribution is -0.212. The van der Waals surface area contributed by atoms with Gasteiger partial charge in [0.1, 0.15) is 0 Å². The zero-order chi connectivity index (χ0) is 17.7. The van der Waals surface area contributed by atoms with E-state index in [1.54, 1.807) is 6.07 Å². The van der Waals surface area contributed by atoms with Crippen LogP contribution in [0, 0.1) is 0 Å². The van der Waals surface area contributed by atoms with Crippen LogP contribution in [-0.2, 0) is 11.7 Å². The Morgan fingerprint density at radius 3 is 2.71 bits per heavy atom. The second kappa shape index (κ2) is 5.36. The first-order chi connectivity index (χ1) is 11.1. The molecule has 128 valence electrons. The molecule has 1 atom stereocenters. The molecule has 24 heavy (non-hydrogen) atoms. The molecule has 0 bridgehead atoms. The molecule has 1 aromatic carbocycles. The van der Waals surface area contributed by atoms with Gasteiger partial charge in [-0.05, 0) is 34.9 Å². The van der Waals surface area contributed by atoms with Crippen molar-refractivity contribution in [3.8, 4) is 0 Å². The average Bonchev–Trinajstić information content (AvgIpc) is 3.03. The zero-order valence-electron chi connectivity index (χ0n) is 13.6. The fourth-order valence-electron chi connectivity index (χ4n) is 3.55. The molecule has 0 saturated carbocycles. The summed E-state index contributed by atoms with van der Waals surface area (Å²) in [5.74, 6) is -0.333. The number of alkyl halides is 3. The van der Waals surface area contributed by atoms with Crippen molar-refractivity contribution in [1.29, 1.82) is 0 Å². The van der Waals surface area contributed by atoms with Gasteiger partial charge in [0, 0.05) is 11.9 Å². The maximum absolute atomic E-state index is 12.6. The minimum absolute atomic E-state index is 0.0106. The lowest BCUT2D eigenvalue weighted by Gasteiger charge is -2.19. The largest absolute Gasteiger partial charge is 0.504 e. The van der Waals surface area contributed by atoms with Crippen molar-refractivity contribution in [3.63, 3.8) is 0 Å². The highest BCUT2D eigenvalue weighted by molar-refractivity contribution is 6.04. The smallest absolute Gasteiger partial charge is 0.322 e. The summed E-state index contributed by atoms with van der Waals surface area (Å²) >= 11 is 0. The van der Waals surface area contributed by atoms with Gasteiger partial charge in [-0.2, -0.15) is 9.78 Å². The Kier molecular flexibility index (Phi) is 3.69. The van der Waals surface area contributed by atoms with Crippen LogP contribution in [-0.4, -0.2) is 15.7 Å². The van der Waals surface area contributed by atoms with Crippen molar-refractivity contribution < 1.29 is 18.0 Å². The van der Waals surface area contributed by atoms with Gasteiger partial charge in [0.25, 0.3) is 5.91 Å². The molecule has 1 aliphatic carbocycles. The molecule has 0 aliphatic heterocycles. The van der Waals surface area contributed by atoms with Crippen molar-refractivity contribution in [2.75, 3.05) is 5.32 Å². The van der Waals surface area contributed by atoms with E-state index in [4.69, 9.17) is 0 Å². The first-order valence-corrected chi connectivity index (χ1v) is 7.66. The molecule has 0 radical (unpaired) electrons. The van der Waals surface area contributed by atoms with Crippen LogP contribution in [0.1, 0.15) is 54.6 Å². The number of nitrogens with one attached hydrogen (secondary N) is 1. The Morgan fingerprint density at radius 1 is 1.38 bits per heavy atom. The quantitative estimate of drug-likeness (QED) is 0.883. The summed E-state index contributed by atoms with van der Waals surface area (Å²) in [4.78, 5) is 12.3. The van der Waals surface area contributed by atoms with Crippen LogP contribution >= 0.6 is 0 Å². The number of fused-ring (bicyclic) bond motifs is 1. The van der Waals surface area contributed by atoms with E-state index in [1.165, 1.54) is 5.56 Å². The molecule has 1 N–H and O–H groups in total. The average molecular weight is 337 g/mol. The first kappa shape index (κ1) is 16.5. The van der Waals surface area contributed by atoms with Gasteiger partial charge in [-0.3, -0.25) is 4.79 Å². The normalized spacial score (nSPS) is 19.2. The molecule has 1 heterocycles. The van der Waals surface area contributed by atoms with E-state index in [-0.39, 0.29) is 21.6 Å². The van der Waals surface area contributed by atoms with Gasteiger partial charge < -0.3 is 5.32 Å². The van der Waals surface area contributed by atoms with Gasteiger partial charge in [-0.1, -0.05) is 32.9 Å². The third kappa shape index (κ3) is 2.79. The number of rotatable bonds is 2. The number of anilines is 1. The molecule has 1 amide bonds. The Morgan fingerprint density at radius 2 is 2.08 bits per heavy atom. The van der Waals surface area contributed by atoms with E-state index in [1.807, 2.05) is 12.1 Å². The van der Waals surface area contributed by atoms with E-state index in [9.17, 15) is 18.0 Å². The molecular formula is C17H18F3N3O. The van der Waals surface area contributed by atoms with Gasteiger partial charge in [0.2, 0.25) is 0 Å². The van der Waals surface area contributed by atoms with E-state index in [0.29, 0.717) is 11.9 Å². The monoisotopic (exact) mass is 337 g/mol. The first-order valence-electron chi connectivity index (χ1n) is 7.66. The number of carbonyl (C=O) groups excluding carboxylic acids is 1. The second-order valence-electron chi connectivity index (χ2n) is 6.85. The highest BCUT2D eigenvalue weighted by Gasteiger charge is 2.36. The van der Waals surface area contributed by atoms with Gasteiger partial charge in [0.15, 0.2) is 0 Å². The molecule has 4 nitrogen and oxygen atoms in total. The van der Waals surface area contributed by atoms with E-state index in [2.05, 4.69) is 31.2 Å². The molecule has 1 aromatic heterocycles. The summed E-state index contributed by atoms with van der Waals surface area (Å²) in [5.41, 5.74) is 2.75. The van der Waals surface area contributed by atoms with Crippen molar-refractivity contribution in [1.82, 2.24) is 9.78 Å². The summed E-state index contributed by atoms with van der Waals surface area (Å²) < 4.78 is 37.6. The van der Waals surface area contributed by atoms with Crippen molar-refractivity contribution in [2.24, 2.45) is 0 Å². The van der Waals surface area contributed by atoms with Crippen LogP contribution < -0.4 is 5.32 Å². The van der Waals surface area contributed by atoms with Crippen LogP contribution in [0.4, 0.5) is 18.9 Å². The standard InChI is InChI=1S/C17H18F3N3O/c1-10-7-16(2,3)12-5-4-6-13(14(10)12)22-15(24)11-8-21-23(9-11)17(18,19)20/h4-6,8-10H,7H2,1-3H3,(H,22,24). The van der Waals surface area contributed by atoms with Gasteiger partial charge in [-0.15, -0.1) is 13.2 Å². The fraction of sp³-hybridized carbons (Fsp3) is 0.412. The lowest BCUT2D eigenvalue weighted by Crippen LogP contribution is -2.17. The SMILES string of the molecule is CC1CC(C)(C)c2cccc(NC(=O)c3cnn(C(F)(F)F)c3)c21. The number of halogens is 3. The van der Waals surface area contributed by atoms with Crippen molar-refractivity contribution in [2.45, 2.75) is 44.8 Å². The molecule has 1 unspecified atom stereocenters. The highest BCUT2D eigenvalue weighted by Crippen LogP contribution is 2.48. The van der Waals surface area contributed by atoms with Crippen LogP contribution in [0.3, 0.4) is 0 Å². The topological polar surface area (TPSA) is 46.9 Å². The highest BCUT2D eigenvalue weighted by atomic mass is 19.4. The number of amides is 1. The molecule has 1 aliphatic rings. The van der Waals surface area contributed by atoms with Gasteiger partial charge in [0.05, 0.1) is 11.8 Å². The number of hydrogen-bond acceptors (Lipinski definition) is 2. The predicted octanol–water partition coefficient (Wildman–Crippen LogP) is 4.40. The number of nitrogens with zero attached hydrogens (tertiary/aromatic N) is 2. The Bertz CT molecular complexity index is 793. The van der Waals surface area contributed by atoms with E-state index in [0.717, 1.165) is 18.2 Å². The Balaban J connectivity index is 1.89. The van der Waals surface area contributed by atoms with Gasteiger partial charge in [-0.25, -0.2) is 0 Å². The van der Waals surface area contributed by atoms with Gasteiger partial charge >= 0.3 is 6.30 Å². The van der Waals surface area contributed by atoms with Crippen molar-refractivity contribution in [3.05, 3.63) is 47.3 Å². The van der Waals surface area contributed by atoms with E-state index < -0.39 is 12.2 Å². The number of aromatic nitrogens is 2. The maximum Gasteiger partial charge on any atom is 0.504 e. The fourth-order valence-corrected chi connectivity index (χ4v) is 3.55. The van der Waals surface area contributed by atoms with Crippen LogP contribution in [0.2, 0.25) is 0 Å². The minimum Gasteiger partial charge on any atom is -0.322 e. The van der Waals surface area contributed by atoms with Crippen LogP contribution in [0.25, 0.3) is 0 Å². The van der Waals surface area contributed by atoms with Crippen LogP contribution in [0.5, 0.6) is 0 Å². The number of benzene rings is 1. The number of carbonyl (C=O) groups is 1. The van der Waals surface area contributed by atoms with Crippen molar-refractivity contribution >= 4 is 11.6 Å². The third-order valence-corrected chi connectivity index (χ3v) is 4.50. The summed E-state index contributed by atoms with van der Waals surface area (Å²) in [6.45, 7) is 6.38. The van der Waals surface area contributed by atoms with Crippen LogP contribution in [0.15, 0.2) is 30.6 Å². The molecular weight excluding hydrogens is 319 g/mol. The minimum atomic E-state index is -4.63. The number of hydrogen-bond donors (Lipinski definition) is 1. The molecule has 7 heteroatoms. The Hall–Kier alpha value is -2.31. The Labute approximate surface area is 137 Å². The van der Waals surface area contributed by atoms with E-state index >= 15 is 0 Å². The molecule has 3 rings (SSSR count). The predicted molar refractivity (Wildman–Crippen MR) is 84.0 cm³/mol. The molecule has 0 spiro atoms. The summed E-state index contributed by atoms with van der Waals surface area (Å²) in [6.07, 6.45) is -2.07. The second-order valence-corrected chi connectivity index (χ2v) is 6.85. The third-order valence-electron chi connectivity index (χ3n) is 4.50. The summed E-state index contributed by atoms with van der Waals surface area (Å²) in [5, 5.41) is 5.92. The molecule has 0 saturated heterocycles. The zero-order valence-corrected chi connectivity index (χ0v) is 13.6. The lowest BCUT2D eigenvalue weighted by atomic mass is 9.86.